The van der Waals surface area contributed by atoms with Crippen molar-refractivity contribution in [3.63, 3.8) is 0 Å². The third-order valence-corrected chi connectivity index (χ3v) is 11.3. The molecular weight excluding hydrogens is 697 g/mol. The van der Waals surface area contributed by atoms with Crippen LogP contribution in [0.15, 0.2) is 102 Å². The van der Waals surface area contributed by atoms with E-state index in [1.54, 1.807) is 18.1 Å². The van der Waals surface area contributed by atoms with Gasteiger partial charge in [0.25, 0.3) is 0 Å². The SMILES string of the molecule is C=CCOC12Oc3ccc(Oc4ccc(-c5ccccc5)cc4)cc3C3C(CCCCO)C(CCCCO)C=C(C(=NOC)CC1N(CCC)C(=O)OC)C32. The predicted octanol–water partition coefficient (Wildman–Crippen LogP) is 8.89. The number of allylic oxidation sites excluding steroid dienone is 1. The first-order chi connectivity index (χ1) is 26.9. The van der Waals surface area contributed by atoms with Crippen LogP contribution in [0.3, 0.4) is 0 Å². The van der Waals surface area contributed by atoms with Crippen molar-refractivity contribution >= 4 is 11.8 Å². The van der Waals surface area contributed by atoms with Gasteiger partial charge in [0.1, 0.15) is 30.4 Å². The monoisotopic (exact) mass is 752 g/mol. The molecule has 6 atom stereocenters. The lowest BCUT2D eigenvalue weighted by atomic mass is 9.55. The van der Waals surface area contributed by atoms with Crippen LogP contribution in [0.25, 0.3) is 11.1 Å². The molecule has 2 aliphatic carbocycles. The van der Waals surface area contributed by atoms with Crippen LogP contribution in [0.4, 0.5) is 4.79 Å². The Balaban J connectivity index is 1.52. The first-order valence-electron chi connectivity index (χ1n) is 19.7. The molecule has 55 heavy (non-hydrogen) atoms. The lowest BCUT2D eigenvalue weighted by molar-refractivity contribution is -0.255. The maximum atomic E-state index is 13.6. The molecule has 294 valence electrons. The number of rotatable bonds is 18. The summed E-state index contributed by atoms with van der Waals surface area (Å²) >= 11 is 0. The summed E-state index contributed by atoms with van der Waals surface area (Å²) in [5.41, 5.74) is 4.95. The highest BCUT2D eigenvalue weighted by molar-refractivity contribution is 6.03. The fraction of sp³-hybridized carbons (Fsp3) is 0.467. The van der Waals surface area contributed by atoms with Gasteiger partial charge in [0, 0.05) is 37.7 Å². The van der Waals surface area contributed by atoms with Gasteiger partial charge in [-0.15, -0.1) is 6.58 Å². The Kier molecular flexibility index (Phi) is 13.7. The number of benzene rings is 3. The molecule has 1 fully saturated rings. The van der Waals surface area contributed by atoms with Gasteiger partial charge >= 0.3 is 6.09 Å². The van der Waals surface area contributed by atoms with Crippen molar-refractivity contribution in [1.82, 2.24) is 4.90 Å². The topological polar surface area (TPSA) is 119 Å². The van der Waals surface area contributed by atoms with E-state index in [9.17, 15) is 15.0 Å². The van der Waals surface area contributed by atoms with E-state index in [4.69, 9.17) is 23.8 Å². The third-order valence-electron chi connectivity index (χ3n) is 11.3. The quantitative estimate of drug-likeness (QED) is 0.0752. The molecule has 1 saturated carbocycles. The van der Waals surface area contributed by atoms with Crippen molar-refractivity contribution < 1.29 is 38.8 Å². The number of carbonyl (C=O) groups is 1. The van der Waals surface area contributed by atoms with Crippen LogP contribution >= 0.6 is 0 Å². The molecule has 1 aliphatic heterocycles. The van der Waals surface area contributed by atoms with Crippen molar-refractivity contribution in [3.8, 4) is 28.4 Å². The summed E-state index contributed by atoms with van der Waals surface area (Å²) in [6, 6.07) is 23.7. The molecule has 3 aromatic carbocycles. The number of methoxy groups -OCH3 is 1. The van der Waals surface area contributed by atoms with Gasteiger partial charge in [-0.05, 0) is 91.0 Å². The van der Waals surface area contributed by atoms with Gasteiger partial charge in [-0.25, -0.2) is 4.79 Å². The van der Waals surface area contributed by atoms with Gasteiger partial charge in [0.05, 0.1) is 25.3 Å². The molecular formula is C45H56N2O8. The predicted molar refractivity (Wildman–Crippen MR) is 213 cm³/mol. The highest BCUT2D eigenvalue weighted by Gasteiger charge is 2.65. The average molecular weight is 753 g/mol. The van der Waals surface area contributed by atoms with Crippen LogP contribution in [-0.4, -0.2) is 79.3 Å². The molecule has 0 aromatic heterocycles. The van der Waals surface area contributed by atoms with Crippen molar-refractivity contribution in [2.75, 3.05) is 40.6 Å². The molecule has 1 amide bonds. The van der Waals surface area contributed by atoms with Gasteiger partial charge in [-0.3, -0.25) is 4.90 Å². The van der Waals surface area contributed by atoms with Crippen molar-refractivity contribution in [2.24, 2.45) is 22.9 Å². The normalized spacial score (nSPS) is 24.5. The molecule has 6 unspecified atom stereocenters. The van der Waals surface area contributed by atoms with E-state index in [1.165, 1.54) is 7.11 Å². The zero-order valence-electron chi connectivity index (χ0n) is 32.4. The van der Waals surface area contributed by atoms with Gasteiger partial charge in [0.2, 0.25) is 5.79 Å². The van der Waals surface area contributed by atoms with E-state index in [0.29, 0.717) is 49.5 Å². The zero-order valence-corrected chi connectivity index (χ0v) is 32.4. The number of amides is 1. The standard InChI is InChI=1S/C45H56N2O8/c1-5-24-47(44(50)51-3)41-30-39(46-52-4)37-28-33(16-10-12-25-48)36(17-11-13-26-49)42-38-29-35(22-23-40(38)55-45(41,43(37)42)53-27-6-2)54-34-20-18-32(19-21-34)31-14-8-7-9-15-31/h6-9,14-15,18-23,28-29,33,36,41-43,48-49H,2,5,10-13,16-17,24-27,30H2,1,3-4H3. The Bertz CT molecular complexity index is 1790. The fourth-order valence-electron chi connectivity index (χ4n) is 9.04. The van der Waals surface area contributed by atoms with E-state index >= 15 is 0 Å². The van der Waals surface area contributed by atoms with E-state index in [2.05, 4.69) is 48.1 Å². The Morgan fingerprint density at radius 1 is 0.964 bits per heavy atom. The Labute approximate surface area is 325 Å². The number of aliphatic hydroxyl groups excluding tert-OH is 2. The van der Waals surface area contributed by atoms with Crippen molar-refractivity contribution in [2.45, 2.75) is 76.0 Å². The Hall–Kier alpha value is -4.64. The molecule has 0 radical (unpaired) electrons. The van der Waals surface area contributed by atoms with E-state index in [0.717, 1.165) is 53.7 Å². The Morgan fingerprint density at radius 3 is 2.35 bits per heavy atom. The number of oxime groups is 1. The summed E-state index contributed by atoms with van der Waals surface area (Å²) in [5.74, 6) is 0.418. The summed E-state index contributed by atoms with van der Waals surface area (Å²) in [6.07, 6.45) is 9.37. The smallest absolute Gasteiger partial charge is 0.409 e. The highest BCUT2D eigenvalue weighted by Crippen LogP contribution is 2.62. The van der Waals surface area contributed by atoms with E-state index in [-0.39, 0.29) is 37.6 Å². The zero-order chi connectivity index (χ0) is 38.8. The first kappa shape index (κ1) is 40.0. The van der Waals surface area contributed by atoms with E-state index in [1.807, 2.05) is 49.4 Å². The maximum absolute atomic E-state index is 13.6. The van der Waals surface area contributed by atoms with Gasteiger partial charge in [0.15, 0.2) is 0 Å². The minimum absolute atomic E-state index is 0.106. The average Bonchev–Trinajstić information content (AvgIpc) is 3.21. The lowest BCUT2D eigenvalue weighted by Crippen LogP contribution is -2.70. The molecule has 6 rings (SSSR count). The summed E-state index contributed by atoms with van der Waals surface area (Å²) < 4.78 is 26.1. The molecule has 10 nitrogen and oxygen atoms in total. The minimum Gasteiger partial charge on any atom is -0.459 e. The van der Waals surface area contributed by atoms with Crippen molar-refractivity contribution in [3.05, 3.63) is 103 Å². The summed E-state index contributed by atoms with van der Waals surface area (Å²) in [6.45, 7) is 6.86. The highest BCUT2D eigenvalue weighted by atomic mass is 16.7. The van der Waals surface area contributed by atoms with Crippen molar-refractivity contribution in [1.29, 1.82) is 0 Å². The molecule has 2 N–H and O–H groups in total. The number of ether oxygens (including phenoxy) is 4. The van der Waals surface area contributed by atoms with Crippen LogP contribution < -0.4 is 9.47 Å². The number of hydrogen-bond acceptors (Lipinski definition) is 9. The molecule has 3 aromatic rings. The molecule has 3 aliphatic rings. The van der Waals surface area contributed by atoms with Crippen LogP contribution in [0.5, 0.6) is 17.2 Å². The molecule has 0 saturated heterocycles. The second kappa shape index (κ2) is 18.8. The molecule has 10 heteroatoms. The van der Waals surface area contributed by atoms with Crippen LogP contribution in [-0.2, 0) is 14.3 Å². The first-order valence-corrected chi connectivity index (χ1v) is 19.7. The number of nitrogens with zero attached hydrogens (tertiary/aromatic N) is 2. The fourth-order valence-corrected chi connectivity index (χ4v) is 9.04. The number of fused-ring (bicyclic) bond motifs is 2. The number of hydrogen-bond donors (Lipinski definition) is 2. The second-order valence-electron chi connectivity index (χ2n) is 14.6. The summed E-state index contributed by atoms with van der Waals surface area (Å²) in [7, 11) is 2.94. The van der Waals surface area contributed by atoms with Gasteiger partial charge in [-0.1, -0.05) is 79.5 Å². The third kappa shape index (κ3) is 8.47. The number of unbranched alkanes of at least 4 members (excludes halogenated alkanes) is 2. The molecule has 0 spiro atoms. The molecule has 0 bridgehead atoms. The van der Waals surface area contributed by atoms with Gasteiger partial charge in [-0.2, -0.15) is 0 Å². The molecule has 1 heterocycles. The second-order valence-corrected chi connectivity index (χ2v) is 14.6. The Morgan fingerprint density at radius 2 is 1.67 bits per heavy atom. The van der Waals surface area contributed by atoms with Crippen LogP contribution in [0.2, 0.25) is 0 Å². The number of carbonyl (C=O) groups excluding carboxylic acids is 1. The van der Waals surface area contributed by atoms with E-state index < -0.39 is 23.8 Å². The number of aliphatic hydroxyl groups is 2. The maximum Gasteiger partial charge on any atom is 0.409 e. The lowest BCUT2D eigenvalue weighted by Gasteiger charge is -2.59. The van der Waals surface area contributed by atoms with Crippen LogP contribution in [0, 0.1) is 17.8 Å². The van der Waals surface area contributed by atoms with Gasteiger partial charge < -0.3 is 34.0 Å². The van der Waals surface area contributed by atoms with Crippen LogP contribution in [0.1, 0.15) is 69.8 Å². The minimum atomic E-state index is -1.32. The summed E-state index contributed by atoms with van der Waals surface area (Å²) in [4.78, 5) is 20.9. The summed E-state index contributed by atoms with van der Waals surface area (Å²) in [5, 5.41) is 24.3. The largest absolute Gasteiger partial charge is 0.459 e.